The van der Waals surface area contributed by atoms with Gasteiger partial charge < -0.3 is 5.32 Å². The molecule has 0 aromatic heterocycles. The number of piperazine rings is 1. The summed E-state index contributed by atoms with van der Waals surface area (Å²) in [6.07, 6.45) is 1.21. The number of nitrogens with one attached hydrogen (secondary N) is 1. The van der Waals surface area contributed by atoms with Gasteiger partial charge in [0, 0.05) is 39.8 Å². The van der Waals surface area contributed by atoms with Crippen molar-refractivity contribution in [2.45, 2.75) is 6.54 Å². The summed E-state index contributed by atoms with van der Waals surface area (Å²) < 4.78 is 24.2. The molecule has 1 aliphatic rings. The third-order valence-electron chi connectivity index (χ3n) is 3.41. The van der Waals surface area contributed by atoms with Gasteiger partial charge in [0.1, 0.15) is 0 Å². The van der Waals surface area contributed by atoms with Gasteiger partial charge >= 0.3 is 0 Å². The van der Waals surface area contributed by atoms with Gasteiger partial charge in [-0.2, -0.15) is 0 Å². The van der Waals surface area contributed by atoms with Crippen molar-refractivity contribution in [3.8, 4) is 0 Å². The second kappa shape index (κ2) is 5.90. The molecule has 6 heteroatoms. The van der Waals surface area contributed by atoms with Crippen LogP contribution in [-0.2, 0) is 16.6 Å². The molecular formula is C13H21N3O2S. The fourth-order valence-corrected chi connectivity index (χ4v) is 2.63. The molecule has 19 heavy (non-hydrogen) atoms. The van der Waals surface area contributed by atoms with E-state index in [9.17, 15) is 8.42 Å². The molecule has 1 aromatic carbocycles. The number of hydrogen-bond acceptors (Lipinski definition) is 4. The Morgan fingerprint density at radius 1 is 1.21 bits per heavy atom. The molecule has 0 atom stereocenters. The molecule has 0 spiro atoms. The monoisotopic (exact) mass is 283 g/mol. The SMILES string of the molecule is CN(c1ccc(CN2CCNCC2)cc1)S(C)(=O)=O. The van der Waals surface area contributed by atoms with E-state index in [1.807, 2.05) is 24.3 Å². The van der Waals surface area contributed by atoms with Crippen molar-refractivity contribution in [3.05, 3.63) is 29.8 Å². The van der Waals surface area contributed by atoms with E-state index in [0.29, 0.717) is 5.69 Å². The standard InChI is InChI=1S/C13H21N3O2S/c1-15(19(2,17)18)13-5-3-12(4-6-13)11-16-9-7-14-8-10-16/h3-6,14H,7-11H2,1-2H3. The van der Waals surface area contributed by atoms with E-state index in [2.05, 4.69) is 10.2 Å². The molecule has 1 N–H and O–H groups in total. The van der Waals surface area contributed by atoms with Crippen molar-refractivity contribution in [1.29, 1.82) is 0 Å². The van der Waals surface area contributed by atoms with Gasteiger partial charge in [-0.1, -0.05) is 12.1 Å². The summed E-state index contributed by atoms with van der Waals surface area (Å²) in [5, 5.41) is 3.33. The van der Waals surface area contributed by atoms with E-state index < -0.39 is 10.0 Å². The number of anilines is 1. The van der Waals surface area contributed by atoms with Gasteiger partial charge in [0.15, 0.2) is 0 Å². The van der Waals surface area contributed by atoms with Crippen molar-refractivity contribution >= 4 is 15.7 Å². The van der Waals surface area contributed by atoms with E-state index in [0.717, 1.165) is 32.7 Å². The zero-order valence-electron chi connectivity index (χ0n) is 11.5. The van der Waals surface area contributed by atoms with Gasteiger partial charge in [0.2, 0.25) is 10.0 Å². The van der Waals surface area contributed by atoms with Crippen molar-refractivity contribution in [2.24, 2.45) is 0 Å². The zero-order valence-corrected chi connectivity index (χ0v) is 12.3. The van der Waals surface area contributed by atoms with Crippen LogP contribution in [0.15, 0.2) is 24.3 Å². The average Bonchev–Trinajstić information content (AvgIpc) is 2.39. The minimum absolute atomic E-state index is 0.701. The van der Waals surface area contributed by atoms with Crippen LogP contribution in [0.1, 0.15) is 5.56 Å². The number of hydrogen-bond donors (Lipinski definition) is 1. The molecule has 0 aliphatic carbocycles. The summed E-state index contributed by atoms with van der Waals surface area (Å²) >= 11 is 0. The lowest BCUT2D eigenvalue weighted by Crippen LogP contribution is -2.42. The lowest BCUT2D eigenvalue weighted by molar-refractivity contribution is 0.233. The first kappa shape index (κ1) is 14.3. The summed E-state index contributed by atoms with van der Waals surface area (Å²) in [6, 6.07) is 7.72. The maximum atomic E-state index is 11.4. The molecular weight excluding hydrogens is 262 g/mol. The second-order valence-electron chi connectivity index (χ2n) is 4.92. The van der Waals surface area contributed by atoms with E-state index >= 15 is 0 Å². The van der Waals surface area contributed by atoms with Gasteiger partial charge in [-0.25, -0.2) is 8.42 Å². The lowest BCUT2D eigenvalue weighted by atomic mass is 10.2. The molecule has 1 aliphatic heterocycles. The molecule has 0 bridgehead atoms. The molecule has 106 valence electrons. The highest BCUT2D eigenvalue weighted by molar-refractivity contribution is 7.92. The maximum absolute atomic E-state index is 11.4. The third-order valence-corrected chi connectivity index (χ3v) is 4.62. The number of benzene rings is 1. The summed E-state index contributed by atoms with van der Waals surface area (Å²) in [5.41, 5.74) is 1.92. The lowest BCUT2D eigenvalue weighted by Gasteiger charge is -2.27. The van der Waals surface area contributed by atoms with E-state index in [1.165, 1.54) is 16.1 Å². The van der Waals surface area contributed by atoms with Gasteiger partial charge in [-0.15, -0.1) is 0 Å². The predicted octanol–water partition coefficient (Wildman–Crippen LogP) is 0.488. The van der Waals surface area contributed by atoms with Gasteiger partial charge in [0.25, 0.3) is 0 Å². The third kappa shape index (κ3) is 3.92. The Morgan fingerprint density at radius 3 is 2.32 bits per heavy atom. The van der Waals surface area contributed by atoms with Gasteiger partial charge in [-0.3, -0.25) is 9.21 Å². The van der Waals surface area contributed by atoms with Crippen LogP contribution in [0.25, 0.3) is 0 Å². The average molecular weight is 283 g/mol. The van der Waals surface area contributed by atoms with Crippen LogP contribution < -0.4 is 9.62 Å². The van der Waals surface area contributed by atoms with Crippen LogP contribution in [0.5, 0.6) is 0 Å². The van der Waals surface area contributed by atoms with Crippen LogP contribution in [0.4, 0.5) is 5.69 Å². The number of nitrogens with zero attached hydrogens (tertiary/aromatic N) is 2. The summed E-state index contributed by atoms with van der Waals surface area (Å²) in [6.45, 7) is 5.12. The molecule has 5 nitrogen and oxygen atoms in total. The summed E-state index contributed by atoms with van der Waals surface area (Å²) in [5.74, 6) is 0. The largest absolute Gasteiger partial charge is 0.314 e. The Labute approximate surface area is 115 Å². The highest BCUT2D eigenvalue weighted by Gasteiger charge is 2.13. The first-order valence-electron chi connectivity index (χ1n) is 6.43. The first-order valence-corrected chi connectivity index (χ1v) is 8.27. The Balaban J connectivity index is 2.02. The molecule has 0 unspecified atom stereocenters. The van der Waals surface area contributed by atoms with E-state index in [4.69, 9.17) is 0 Å². The van der Waals surface area contributed by atoms with Crippen LogP contribution >= 0.6 is 0 Å². The predicted molar refractivity (Wildman–Crippen MR) is 77.8 cm³/mol. The Bertz CT molecular complexity index is 507. The fourth-order valence-electron chi connectivity index (χ4n) is 2.13. The molecule has 1 heterocycles. The van der Waals surface area contributed by atoms with Crippen LogP contribution in [-0.4, -0.2) is 52.8 Å². The second-order valence-corrected chi connectivity index (χ2v) is 6.94. The van der Waals surface area contributed by atoms with Gasteiger partial charge in [-0.05, 0) is 17.7 Å². The highest BCUT2D eigenvalue weighted by atomic mass is 32.2. The molecule has 0 radical (unpaired) electrons. The Kier molecular flexibility index (Phi) is 4.44. The molecule has 1 saturated heterocycles. The Hall–Kier alpha value is -1.11. The smallest absolute Gasteiger partial charge is 0.231 e. The topological polar surface area (TPSA) is 52.6 Å². The molecule has 2 rings (SSSR count). The minimum atomic E-state index is -3.18. The molecule has 1 aromatic rings. The maximum Gasteiger partial charge on any atom is 0.231 e. The van der Waals surface area contributed by atoms with E-state index in [-0.39, 0.29) is 0 Å². The van der Waals surface area contributed by atoms with Crippen molar-refractivity contribution < 1.29 is 8.42 Å². The molecule has 0 amide bonds. The van der Waals surface area contributed by atoms with Crippen molar-refractivity contribution in [1.82, 2.24) is 10.2 Å². The minimum Gasteiger partial charge on any atom is -0.314 e. The zero-order chi connectivity index (χ0) is 13.9. The van der Waals surface area contributed by atoms with Crippen LogP contribution in [0.3, 0.4) is 0 Å². The molecule has 1 fully saturated rings. The number of rotatable bonds is 4. The summed E-state index contributed by atoms with van der Waals surface area (Å²) in [7, 11) is -1.61. The van der Waals surface area contributed by atoms with E-state index in [1.54, 1.807) is 7.05 Å². The summed E-state index contributed by atoms with van der Waals surface area (Å²) in [4.78, 5) is 2.39. The van der Waals surface area contributed by atoms with Crippen LogP contribution in [0, 0.1) is 0 Å². The number of sulfonamides is 1. The van der Waals surface area contributed by atoms with Crippen molar-refractivity contribution in [2.75, 3.05) is 43.8 Å². The highest BCUT2D eigenvalue weighted by Crippen LogP contribution is 2.17. The fraction of sp³-hybridized carbons (Fsp3) is 0.538. The normalized spacial score (nSPS) is 17.4. The van der Waals surface area contributed by atoms with Gasteiger partial charge in [0.05, 0.1) is 11.9 Å². The van der Waals surface area contributed by atoms with Crippen molar-refractivity contribution in [3.63, 3.8) is 0 Å². The quantitative estimate of drug-likeness (QED) is 0.874. The molecule has 0 saturated carbocycles. The first-order chi connectivity index (χ1) is 8.97. The Morgan fingerprint density at radius 2 is 1.79 bits per heavy atom. The van der Waals surface area contributed by atoms with Crippen LogP contribution in [0.2, 0.25) is 0 Å².